The fourth-order valence-electron chi connectivity index (χ4n) is 1.84. The highest BCUT2D eigenvalue weighted by molar-refractivity contribution is 5.10. The number of aromatic nitrogens is 2. The zero-order chi connectivity index (χ0) is 11.1. The first-order valence-electron chi connectivity index (χ1n) is 4.66. The third kappa shape index (κ3) is 1.56. The zero-order valence-corrected chi connectivity index (χ0v) is 8.32. The zero-order valence-electron chi connectivity index (χ0n) is 8.32. The predicted octanol–water partition coefficient (Wildman–Crippen LogP) is -0.622. The maximum absolute atomic E-state index is 11.5. The second-order valence-corrected chi connectivity index (χ2v) is 3.93. The number of aromatic hydroxyl groups is 1. The molecular formula is C9H12N2O4. The largest absolute Gasteiger partial charge is 0.494 e. The Kier molecular flexibility index (Phi) is 2.15. The van der Waals surface area contributed by atoms with E-state index in [1.807, 2.05) is 0 Å². The molecule has 0 bridgehead atoms. The minimum atomic E-state index is -0.604. The van der Waals surface area contributed by atoms with Gasteiger partial charge in [0.25, 0.3) is 5.56 Å². The maximum Gasteiger partial charge on any atom is 0.331 e. The third-order valence-corrected chi connectivity index (χ3v) is 2.66. The van der Waals surface area contributed by atoms with Crippen LogP contribution in [0.15, 0.2) is 15.7 Å². The summed E-state index contributed by atoms with van der Waals surface area (Å²) in [5, 5.41) is 9.59. The van der Waals surface area contributed by atoms with Gasteiger partial charge in [0.1, 0.15) is 0 Å². The Labute approximate surface area is 85.1 Å². The second-order valence-electron chi connectivity index (χ2n) is 3.93. The number of nitrogens with one attached hydrogen (secondary N) is 1. The molecule has 6 heteroatoms. The van der Waals surface area contributed by atoms with Crippen LogP contribution >= 0.6 is 0 Å². The Balaban J connectivity index is 2.62. The molecule has 1 saturated heterocycles. The van der Waals surface area contributed by atoms with Gasteiger partial charge < -0.3 is 9.84 Å². The van der Waals surface area contributed by atoms with Crippen LogP contribution in [0.2, 0.25) is 0 Å². The second kappa shape index (κ2) is 3.23. The van der Waals surface area contributed by atoms with Gasteiger partial charge in [0, 0.05) is 6.61 Å². The monoisotopic (exact) mass is 212 g/mol. The molecule has 1 aromatic heterocycles. The number of nitrogens with zero attached hydrogens (tertiary/aromatic N) is 1. The van der Waals surface area contributed by atoms with Crippen molar-refractivity contribution >= 4 is 0 Å². The highest BCUT2D eigenvalue weighted by Gasteiger charge is 2.34. The number of aromatic amines is 1. The van der Waals surface area contributed by atoms with E-state index in [9.17, 15) is 14.7 Å². The summed E-state index contributed by atoms with van der Waals surface area (Å²) in [6, 6.07) is 0.991. The van der Waals surface area contributed by atoms with Gasteiger partial charge in [0.05, 0.1) is 18.2 Å². The first-order valence-corrected chi connectivity index (χ1v) is 4.66. The highest BCUT2D eigenvalue weighted by atomic mass is 16.5. The van der Waals surface area contributed by atoms with E-state index in [0.717, 1.165) is 6.07 Å². The van der Waals surface area contributed by atoms with E-state index >= 15 is 0 Å². The molecule has 0 aliphatic carbocycles. The van der Waals surface area contributed by atoms with Crippen molar-refractivity contribution in [3.05, 3.63) is 26.9 Å². The lowest BCUT2D eigenvalue weighted by molar-refractivity contribution is 0.153. The van der Waals surface area contributed by atoms with Crippen LogP contribution in [0, 0.1) is 0 Å². The van der Waals surface area contributed by atoms with Crippen molar-refractivity contribution in [3.63, 3.8) is 0 Å². The van der Waals surface area contributed by atoms with E-state index in [2.05, 4.69) is 4.98 Å². The van der Waals surface area contributed by atoms with Crippen LogP contribution in [-0.2, 0) is 10.3 Å². The molecule has 2 rings (SSSR count). The van der Waals surface area contributed by atoms with Crippen LogP contribution in [0.1, 0.15) is 13.3 Å². The number of hydrogen-bond acceptors (Lipinski definition) is 4. The van der Waals surface area contributed by atoms with Gasteiger partial charge in [0.15, 0.2) is 0 Å². The third-order valence-electron chi connectivity index (χ3n) is 2.66. The first-order chi connectivity index (χ1) is 7.03. The van der Waals surface area contributed by atoms with Gasteiger partial charge in [-0.1, -0.05) is 0 Å². The summed E-state index contributed by atoms with van der Waals surface area (Å²) >= 11 is 0. The summed E-state index contributed by atoms with van der Waals surface area (Å²) in [6.45, 7) is 2.70. The van der Waals surface area contributed by atoms with Gasteiger partial charge in [-0.15, -0.1) is 0 Å². The van der Waals surface area contributed by atoms with Crippen molar-refractivity contribution in [2.75, 3.05) is 13.2 Å². The van der Waals surface area contributed by atoms with Crippen LogP contribution in [0.3, 0.4) is 0 Å². The lowest BCUT2D eigenvalue weighted by atomic mass is 10.0. The van der Waals surface area contributed by atoms with Gasteiger partial charge >= 0.3 is 5.69 Å². The number of hydrogen-bond donors (Lipinski definition) is 2. The Morgan fingerprint density at radius 2 is 2.33 bits per heavy atom. The fourth-order valence-corrected chi connectivity index (χ4v) is 1.84. The summed E-state index contributed by atoms with van der Waals surface area (Å²) in [7, 11) is 0. The van der Waals surface area contributed by atoms with Crippen molar-refractivity contribution in [1.82, 2.24) is 9.55 Å². The van der Waals surface area contributed by atoms with Crippen molar-refractivity contribution < 1.29 is 9.84 Å². The average molecular weight is 212 g/mol. The number of rotatable bonds is 1. The summed E-state index contributed by atoms with van der Waals surface area (Å²) in [5.74, 6) is -0.322. The van der Waals surface area contributed by atoms with Crippen LogP contribution in [0.4, 0.5) is 0 Å². The van der Waals surface area contributed by atoms with E-state index in [0.29, 0.717) is 19.6 Å². The average Bonchev–Trinajstić information content (AvgIpc) is 2.50. The lowest BCUT2D eigenvalue weighted by Gasteiger charge is -2.25. The molecule has 15 heavy (non-hydrogen) atoms. The van der Waals surface area contributed by atoms with Gasteiger partial charge in [-0.05, 0) is 13.3 Å². The van der Waals surface area contributed by atoms with Crippen molar-refractivity contribution in [2.24, 2.45) is 0 Å². The molecule has 82 valence electrons. The first kappa shape index (κ1) is 9.97. The molecule has 0 radical (unpaired) electrons. The van der Waals surface area contributed by atoms with Crippen molar-refractivity contribution in [3.8, 4) is 5.88 Å². The molecule has 6 nitrogen and oxygen atoms in total. The summed E-state index contributed by atoms with van der Waals surface area (Å²) in [4.78, 5) is 24.6. The highest BCUT2D eigenvalue weighted by Crippen LogP contribution is 2.27. The fraction of sp³-hybridized carbons (Fsp3) is 0.556. The Morgan fingerprint density at radius 3 is 2.87 bits per heavy atom. The lowest BCUT2D eigenvalue weighted by Crippen LogP contribution is -2.42. The molecule has 2 N–H and O–H groups in total. The van der Waals surface area contributed by atoms with Crippen LogP contribution in [0.25, 0.3) is 0 Å². The normalized spacial score (nSPS) is 25.7. The minimum Gasteiger partial charge on any atom is -0.494 e. The molecule has 1 aromatic rings. The summed E-state index contributed by atoms with van der Waals surface area (Å²) in [6.07, 6.45) is 0.631. The topological polar surface area (TPSA) is 84.3 Å². The quantitative estimate of drug-likeness (QED) is 0.649. The molecule has 0 spiro atoms. The van der Waals surface area contributed by atoms with E-state index in [1.54, 1.807) is 6.92 Å². The number of ether oxygens (including phenoxy) is 1. The van der Waals surface area contributed by atoms with Crippen LogP contribution in [0.5, 0.6) is 5.88 Å². The molecular weight excluding hydrogens is 200 g/mol. The van der Waals surface area contributed by atoms with Gasteiger partial charge in [-0.25, -0.2) is 4.79 Å². The van der Waals surface area contributed by atoms with Crippen molar-refractivity contribution in [1.29, 1.82) is 0 Å². The van der Waals surface area contributed by atoms with Crippen molar-refractivity contribution in [2.45, 2.75) is 18.9 Å². The molecule has 1 aliphatic heterocycles. The van der Waals surface area contributed by atoms with Crippen LogP contribution in [-0.4, -0.2) is 27.9 Å². The maximum atomic E-state index is 11.5. The summed E-state index contributed by atoms with van der Waals surface area (Å²) in [5.41, 5.74) is -1.78. The van der Waals surface area contributed by atoms with Gasteiger partial charge in [-0.3, -0.25) is 14.3 Å². The molecule has 1 unspecified atom stereocenters. The van der Waals surface area contributed by atoms with E-state index < -0.39 is 16.8 Å². The van der Waals surface area contributed by atoms with Crippen LogP contribution < -0.4 is 11.2 Å². The molecule has 1 aliphatic rings. The van der Waals surface area contributed by atoms with Gasteiger partial charge in [0.2, 0.25) is 5.88 Å². The molecule has 0 amide bonds. The SMILES string of the molecule is CC1(n2c(O)cc(=O)[nH]c2=O)CCOC1. The Bertz CT molecular complexity index is 482. The molecule has 2 heterocycles. The summed E-state index contributed by atoms with van der Waals surface area (Å²) < 4.78 is 6.36. The van der Waals surface area contributed by atoms with E-state index in [4.69, 9.17) is 4.74 Å². The number of H-pyrrole nitrogens is 1. The van der Waals surface area contributed by atoms with E-state index in [-0.39, 0.29) is 5.88 Å². The molecule has 1 atom stereocenters. The standard InChI is InChI=1S/C9H12N2O4/c1-9(2-3-15-5-9)11-7(13)4-6(12)10-8(11)14/h4,13H,2-3,5H2,1H3,(H,10,12,14). The smallest absolute Gasteiger partial charge is 0.331 e. The van der Waals surface area contributed by atoms with E-state index in [1.165, 1.54) is 4.57 Å². The predicted molar refractivity (Wildman–Crippen MR) is 52.1 cm³/mol. The molecule has 0 saturated carbocycles. The minimum absolute atomic E-state index is 0.322. The molecule has 0 aromatic carbocycles. The molecule has 1 fully saturated rings. The Morgan fingerprint density at radius 1 is 1.60 bits per heavy atom. The Hall–Kier alpha value is -1.56. The van der Waals surface area contributed by atoms with Gasteiger partial charge in [-0.2, -0.15) is 0 Å².